The number of hydrogen-bond acceptors (Lipinski definition) is 4. The van der Waals surface area contributed by atoms with Crippen molar-refractivity contribution in [2.24, 2.45) is 0 Å². The van der Waals surface area contributed by atoms with Crippen molar-refractivity contribution in [1.82, 2.24) is 14.8 Å². The molecule has 5 heteroatoms. The molecule has 0 unspecified atom stereocenters. The average Bonchev–Trinajstić information content (AvgIpc) is 2.59. The van der Waals surface area contributed by atoms with Crippen molar-refractivity contribution in [3.05, 3.63) is 23.9 Å². The molecule has 0 bridgehead atoms. The first-order valence-corrected chi connectivity index (χ1v) is 7.35. The summed E-state index contributed by atoms with van der Waals surface area (Å²) in [5, 5.41) is 3.30. The molecule has 1 aliphatic rings. The van der Waals surface area contributed by atoms with Gasteiger partial charge in [0, 0.05) is 33.2 Å². The third kappa shape index (κ3) is 4.20. The van der Waals surface area contributed by atoms with E-state index in [4.69, 9.17) is 0 Å². The molecule has 1 N–H and O–H groups in total. The highest BCUT2D eigenvalue weighted by molar-refractivity contribution is 5.78. The average molecular weight is 276 g/mol. The third-order valence-corrected chi connectivity index (χ3v) is 3.50. The number of hydrogen-bond donors (Lipinski definition) is 1. The van der Waals surface area contributed by atoms with Gasteiger partial charge >= 0.3 is 0 Å². The number of anilines is 1. The molecular formula is C15H24N4O. The minimum atomic E-state index is 0.197. The second kappa shape index (κ2) is 7.24. The molecule has 1 aliphatic heterocycles. The van der Waals surface area contributed by atoms with Gasteiger partial charge in [-0.3, -0.25) is 9.69 Å². The van der Waals surface area contributed by atoms with Crippen LogP contribution in [0, 0.1) is 0 Å². The summed E-state index contributed by atoms with van der Waals surface area (Å²) < 4.78 is 0. The molecule has 110 valence electrons. The topological polar surface area (TPSA) is 48.5 Å². The van der Waals surface area contributed by atoms with Gasteiger partial charge in [-0.05, 0) is 25.0 Å². The monoisotopic (exact) mass is 276 g/mol. The Morgan fingerprint density at radius 1 is 1.35 bits per heavy atom. The van der Waals surface area contributed by atoms with Crippen LogP contribution in [0.1, 0.15) is 25.5 Å². The van der Waals surface area contributed by atoms with E-state index in [0.717, 1.165) is 50.5 Å². The van der Waals surface area contributed by atoms with Gasteiger partial charge in [-0.1, -0.05) is 13.0 Å². The minimum Gasteiger partial charge on any atom is -0.370 e. The van der Waals surface area contributed by atoms with Gasteiger partial charge < -0.3 is 10.2 Å². The molecule has 5 nitrogen and oxygen atoms in total. The van der Waals surface area contributed by atoms with E-state index in [0.29, 0.717) is 6.54 Å². The molecule has 1 aromatic rings. The van der Waals surface area contributed by atoms with Crippen LogP contribution in [0.3, 0.4) is 0 Å². The Morgan fingerprint density at radius 3 is 3.00 bits per heavy atom. The number of pyridine rings is 1. The van der Waals surface area contributed by atoms with E-state index in [-0.39, 0.29) is 5.91 Å². The molecule has 1 fully saturated rings. The van der Waals surface area contributed by atoms with Crippen molar-refractivity contribution in [3.8, 4) is 0 Å². The van der Waals surface area contributed by atoms with Gasteiger partial charge in [0.2, 0.25) is 5.91 Å². The number of nitrogens with zero attached hydrogens (tertiary/aromatic N) is 3. The Morgan fingerprint density at radius 2 is 2.20 bits per heavy atom. The number of carbonyl (C=O) groups is 1. The summed E-state index contributed by atoms with van der Waals surface area (Å²) in [6.07, 6.45) is 2.11. The van der Waals surface area contributed by atoms with Gasteiger partial charge in [0.25, 0.3) is 0 Å². The van der Waals surface area contributed by atoms with Crippen LogP contribution in [0.25, 0.3) is 0 Å². The second-order valence-corrected chi connectivity index (χ2v) is 5.32. The molecule has 1 aromatic heterocycles. The smallest absolute Gasteiger partial charge is 0.236 e. The highest BCUT2D eigenvalue weighted by Crippen LogP contribution is 2.10. The van der Waals surface area contributed by atoms with E-state index in [2.05, 4.69) is 22.1 Å². The van der Waals surface area contributed by atoms with Crippen LogP contribution in [-0.4, -0.2) is 53.9 Å². The summed E-state index contributed by atoms with van der Waals surface area (Å²) in [5.74, 6) is 1.12. The fourth-order valence-corrected chi connectivity index (χ4v) is 2.33. The molecule has 1 saturated heterocycles. The quantitative estimate of drug-likeness (QED) is 0.887. The Labute approximate surface area is 121 Å². The summed E-state index contributed by atoms with van der Waals surface area (Å²) in [7, 11) is 1.87. The zero-order valence-electron chi connectivity index (χ0n) is 12.4. The zero-order chi connectivity index (χ0) is 14.4. The van der Waals surface area contributed by atoms with Crippen LogP contribution < -0.4 is 5.32 Å². The number of aromatic nitrogens is 1. The van der Waals surface area contributed by atoms with E-state index >= 15 is 0 Å². The Balaban J connectivity index is 1.96. The van der Waals surface area contributed by atoms with E-state index in [1.54, 1.807) is 0 Å². The number of amides is 1. The van der Waals surface area contributed by atoms with Crippen molar-refractivity contribution < 1.29 is 4.79 Å². The van der Waals surface area contributed by atoms with Gasteiger partial charge in [-0.25, -0.2) is 4.98 Å². The predicted molar refractivity (Wildman–Crippen MR) is 80.5 cm³/mol. The van der Waals surface area contributed by atoms with Gasteiger partial charge in [-0.15, -0.1) is 0 Å². The van der Waals surface area contributed by atoms with E-state index < -0.39 is 0 Å². The molecule has 0 radical (unpaired) electrons. The fraction of sp³-hybridized carbons (Fsp3) is 0.600. The molecule has 0 aliphatic carbocycles. The molecule has 0 spiro atoms. The fourth-order valence-electron chi connectivity index (χ4n) is 2.33. The SMILES string of the molecule is CCCNc1cccc(CN2CCCN(C)C(=O)C2)n1. The third-order valence-electron chi connectivity index (χ3n) is 3.50. The highest BCUT2D eigenvalue weighted by Gasteiger charge is 2.19. The van der Waals surface area contributed by atoms with Crippen LogP contribution in [0.5, 0.6) is 0 Å². The lowest BCUT2D eigenvalue weighted by atomic mass is 10.3. The maximum Gasteiger partial charge on any atom is 0.236 e. The van der Waals surface area contributed by atoms with Gasteiger partial charge in [0.05, 0.1) is 12.2 Å². The van der Waals surface area contributed by atoms with Crippen molar-refractivity contribution in [1.29, 1.82) is 0 Å². The first-order chi connectivity index (χ1) is 9.69. The van der Waals surface area contributed by atoms with Crippen molar-refractivity contribution in [2.75, 3.05) is 38.5 Å². The number of likely N-dealkylation sites (N-methyl/N-ethyl adjacent to an activating group) is 1. The van der Waals surface area contributed by atoms with E-state index in [9.17, 15) is 4.79 Å². The summed E-state index contributed by atoms with van der Waals surface area (Å²) in [6, 6.07) is 6.03. The first kappa shape index (κ1) is 14.8. The first-order valence-electron chi connectivity index (χ1n) is 7.35. The number of rotatable bonds is 5. The maximum absolute atomic E-state index is 11.9. The van der Waals surface area contributed by atoms with Crippen LogP contribution in [0.2, 0.25) is 0 Å². The largest absolute Gasteiger partial charge is 0.370 e. The predicted octanol–water partition coefficient (Wildman–Crippen LogP) is 1.57. The lowest BCUT2D eigenvalue weighted by molar-refractivity contribution is -0.130. The molecule has 0 atom stereocenters. The summed E-state index contributed by atoms with van der Waals surface area (Å²) >= 11 is 0. The molecule has 0 saturated carbocycles. The van der Waals surface area contributed by atoms with Crippen molar-refractivity contribution >= 4 is 11.7 Å². The summed E-state index contributed by atoms with van der Waals surface area (Å²) in [4.78, 5) is 20.5. The molecule has 1 amide bonds. The lowest BCUT2D eigenvalue weighted by Crippen LogP contribution is -2.34. The Kier molecular flexibility index (Phi) is 5.35. The maximum atomic E-state index is 11.9. The van der Waals surface area contributed by atoms with Crippen molar-refractivity contribution in [2.45, 2.75) is 26.3 Å². The number of nitrogens with one attached hydrogen (secondary N) is 1. The summed E-state index contributed by atoms with van der Waals surface area (Å²) in [6.45, 7) is 6.09. The van der Waals surface area contributed by atoms with Gasteiger partial charge in [0.1, 0.15) is 5.82 Å². The zero-order valence-corrected chi connectivity index (χ0v) is 12.4. The second-order valence-electron chi connectivity index (χ2n) is 5.32. The van der Waals surface area contributed by atoms with Crippen molar-refractivity contribution in [3.63, 3.8) is 0 Å². The van der Waals surface area contributed by atoms with E-state index in [1.807, 2.05) is 30.1 Å². The van der Waals surface area contributed by atoms with Crippen LogP contribution in [0.4, 0.5) is 5.82 Å². The summed E-state index contributed by atoms with van der Waals surface area (Å²) in [5.41, 5.74) is 1.02. The molecule has 20 heavy (non-hydrogen) atoms. The molecule has 0 aromatic carbocycles. The lowest BCUT2D eigenvalue weighted by Gasteiger charge is -2.19. The van der Waals surface area contributed by atoms with E-state index in [1.165, 1.54) is 0 Å². The Bertz CT molecular complexity index is 449. The Hall–Kier alpha value is -1.62. The van der Waals surface area contributed by atoms with Crippen LogP contribution >= 0.6 is 0 Å². The minimum absolute atomic E-state index is 0.197. The standard InChI is InChI=1S/C15H24N4O/c1-3-8-16-14-7-4-6-13(17-14)11-19-10-5-9-18(2)15(20)12-19/h4,6-7H,3,5,8-12H2,1-2H3,(H,16,17). The van der Waals surface area contributed by atoms with Crippen LogP contribution in [0.15, 0.2) is 18.2 Å². The highest BCUT2D eigenvalue weighted by atomic mass is 16.2. The molecule has 2 rings (SSSR count). The molecular weight excluding hydrogens is 252 g/mol. The number of carbonyl (C=O) groups excluding carboxylic acids is 1. The van der Waals surface area contributed by atoms with Crippen LogP contribution in [-0.2, 0) is 11.3 Å². The van der Waals surface area contributed by atoms with Gasteiger partial charge in [0.15, 0.2) is 0 Å². The molecule has 2 heterocycles. The van der Waals surface area contributed by atoms with Gasteiger partial charge in [-0.2, -0.15) is 0 Å². The normalized spacial score (nSPS) is 17.1.